The fourth-order valence-electron chi connectivity index (χ4n) is 3.92. The molecule has 2 aliphatic rings. The van der Waals surface area contributed by atoms with Crippen LogP contribution in [0.5, 0.6) is 0 Å². The quantitative estimate of drug-likeness (QED) is 0.121. The molecule has 1 amide bonds. The van der Waals surface area contributed by atoms with E-state index < -0.39 is 95.1 Å². The van der Waals surface area contributed by atoms with Gasteiger partial charge < -0.3 is 45.0 Å². The lowest BCUT2D eigenvalue weighted by molar-refractivity contribution is -0.256. The van der Waals surface area contributed by atoms with Crippen molar-refractivity contribution in [2.75, 3.05) is 13.2 Å². The highest BCUT2D eigenvalue weighted by atomic mass is 31.3. The van der Waals surface area contributed by atoms with Crippen molar-refractivity contribution in [2.24, 2.45) is 0 Å². The third kappa shape index (κ3) is 7.89. The summed E-state index contributed by atoms with van der Waals surface area (Å²) in [7, 11) is -11.0. The smallest absolute Gasteiger partial charge is 0.394 e. The third-order valence-corrected chi connectivity index (χ3v) is 8.33. The molecule has 21 heteroatoms. The summed E-state index contributed by atoms with van der Waals surface area (Å²) < 4.78 is 50.4. The van der Waals surface area contributed by atoms with Gasteiger partial charge in [0.25, 0.3) is 5.56 Å². The van der Waals surface area contributed by atoms with Crippen LogP contribution in [0.25, 0.3) is 0 Å². The average Bonchev–Trinajstić information content (AvgIpc) is 3.18. The van der Waals surface area contributed by atoms with Gasteiger partial charge in [0.05, 0.1) is 25.4 Å². The molecule has 2 unspecified atom stereocenters. The number of hydrogen-bond donors (Lipinski definition) is 8. The van der Waals surface area contributed by atoms with Gasteiger partial charge in [-0.3, -0.25) is 28.2 Å². The van der Waals surface area contributed by atoms with E-state index >= 15 is 0 Å². The van der Waals surface area contributed by atoms with E-state index in [4.69, 9.17) is 18.5 Å². The molecule has 1 aromatic rings. The molecule has 0 aliphatic carbocycles. The second kappa shape index (κ2) is 12.4. The van der Waals surface area contributed by atoms with Gasteiger partial charge in [0, 0.05) is 25.1 Å². The molecule has 9 atom stereocenters. The maximum atomic E-state index is 13.2. The van der Waals surface area contributed by atoms with Gasteiger partial charge in [0.1, 0.15) is 30.6 Å². The van der Waals surface area contributed by atoms with Crippen molar-refractivity contribution >= 4 is 21.6 Å². The number of aliphatic hydroxyl groups is 4. The number of nitrogens with zero attached hydrogens (tertiary/aromatic N) is 1. The van der Waals surface area contributed by atoms with Crippen molar-refractivity contribution in [3.63, 3.8) is 0 Å². The van der Waals surface area contributed by atoms with Crippen LogP contribution in [0.1, 0.15) is 25.1 Å². The number of carbonyl (C=O) groups excluding carboxylic acids is 1. The number of rotatable bonds is 10. The maximum absolute atomic E-state index is 13.2. The minimum atomic E-state index is -5.60. The van der Waals surface area contributed by atoms with Crippen molar-refractivity contribution in [1.82, 2.24) is 14.9 Å². The molecular weight excluding hydrogens is 576 g/mol. The molecule has 0 bridgehead atoms. The van der Waals surface area contributed by atoms with Crippen LogP contribution in [0.2, 0.25) is 0 Å². The Hall–Kier alpha value is -1.83. The van der Waals surface area contributed by atoms with E-state index in [0.717, 1.165) is 11.5 Å². The van der Waals surface area contributed by atoms with Crippen LogP contribution >= 0.6 is 15.6 Å². The van der Waals surface area contributed by atoms with Gasteiger partial charge in [-0.05, 0) is 6.92 Å². The number of aryl methyl sites for hydroxylation is 1. The zero-order valence-corrected chi connectivity index (χ0v) is 22.2. The minimum Gasteiger partial charge on any atom is -0.394 e. The normalized spacial score (nSPS) is 33.0. The summed E-state index contributed by atoms with van der Waals surface area (Å²) in [6, 6.07) is -1.34. The maximum Gasteiger partial charge on any atom is 0.486 e. The number of amides is 1. The average molecular weight is 605 g/mol. The second-order valence-electron chi connectivity index (χ2n) is 8.76. The number of phosphoric acid groups is 2. The monoisotopic (exact) mass is 605 g/mol. The van der Waals surface area contributed by atoms with E-state index in [1.54, 1.807) is 0 Å². The van der Waals surface area contributed by atoms with Crippen LogP contribution in [0, 0.1) is 6.92 Å². The Labute approximate surface area is 219 Å². The first kappa shape index (κ1) is 31.7. The number of nitrogens with one attached hydrogen (secondary N) is 2. The predicted molar refractivity (Wildman–Crippen MR) is 124 cm³/mol. The van der Waals surface area contributed by atoms with Gasteiger partial charge in [0.2, 0.25) is 5.91 Å². The minimum absolute atomic E-state index is 0.162. The van der Waals surface area contributed by atoms with Crippen LogP contribution < -0.4 is 16.6 Å². The van der Waals surface area contributed by atoms with E-state index in [-0.39, 0.29) is 12.0 Å². The molecule has 8 N–H and O–H groups in total. The molecule has 2 fully saturated rings. The topological polar surface area (TPSA) is 286 Å². The lowest BCUT2D eigenvalue weighted by Gasteiger charge is -2.42. The fraction of sp³-hybridized carbons (Fsp3) is 0.722. The first-order valence-electron chi connectivity index (χ1n) is 11.3. The first-order chi connectivity index (χ1) is 18.0. The number of aliphatic hydroxyl groups excluding tert-OH is 4. The molecule has 1 aromatic heterocycles. The summed E-state index contributed by atoms with van der Waals surface area (Å²) in [4.78, 5) is 55.6. The molecule has 3 rings (SSSR count). The SMILES string of the molecule is CC(=O)N[C@H]1[C@H](O)[C@@H](O)[C@H](OP(=O)(OC[C@H]2O[C@@H](n3cc(C)c(=O)[nH]c3=O)CC2O)OP(=O)(O)O)O[C@@H]1CO. The molecule has 3 heterocycles. The number of H-pyrrole nitrogens is 1. The molecule has 0 aromatic carbocycles. The van der Waals surface area contributed by atoms with Crippen molar-refractivity contribution < 1.29 is 67.0 Å². The molecule has 0 saturated carbocycles. The highest BCUT2D eigenvalue weighted by molar-refractivity contribution is 7.61. The van der Waals surface area contributed by atoms with Crippen molar-refractivity contribution in [3.8, 4) is 0 Å². The summed E-state index contributed by atoms with van der Waals surface area (Å²) in [6.45, 7) is 0.776. The summed E-state index contributed by atoms with van der Waals surface area (Å²) in [6.07, 6.45) is -10.4. The Kier molecular flexibility index (Phi) is 10.0. The van der Waals surface area contributed by atoms with Crippen molar-refractivity contribution in [2.45, 2.75) is 69.3 Å². The Morgan fingerprint density at radius 2 is 1.85 bits per heavy atom. The summed E-state index contributed by atoms with van der Waals surface area (Å²) in [5.74, 6) is -0.654. The van der Waals surface area contributed by atoms with E-state index in [1.165, 1.54) is 13.1 Å². The Balaban J connectivity index is 1.76. The van der Waals surface area contributed by atoms with E-state index in [1.807, 2.05) is 0 Å². The molecular formula is C18H29N3O16P2. The molecule has 39 heavy (non-hydrogen) atoms. The molecule has 222 valence electrons. The van der Waals surface area contributed by atoms with Crippen LogP contribution in [0.3, 0.4) is 0 Å². The predicted octanol–water partition coefficient (Wildman–Crippen LogP) is -3.31. The van der Waals surface area contributed by atoms with Gasteiger partial charge in [-0.25, -0.2) is 13.9 Å². The first-order valence-corrected chi connectivity index (χ1v) is 14.3. The van der Waals surface area contributed by atoms with E-state index in [9.17, 15) is 53.7 Å². The van der Waals surface area contributed by atoms with Gasteiger partial charge in [0.15, 0.2) is 6.29 Å². The zero-order valence-electron chi connectivity index (χ0n) is 20.4. The van der Waals surface area contributed by atoms with Gasteiger partial charge in [-0.2, -0.15) is 4.31 Å². The fourth-order valence-corrected chi connectivity index (χ4v) is 6.12. The molecule has 2 aliphatic heterocycles. The summed E-state index contributed by atoms with van der Waals surface area (Å²) in [5.41, 5.74) is -1.32. The number of aromatic nitrogens is 2. The lowest BCUT2D eigenvalue weighted by atomic mass is 9.96. The molecule has 0 radical (unpaired) electrons. The van der Waals surface area contributed by atoms with Gasteiger partial charge >= 0.3 is 21.3 Å². The van der Waals surface area contributed by atoms with Crippen LogP contribution in [-0.2, 0) is 36.8 Å². The Morgan fingerprint density at radius 1 is 1.18 bits per heavy atom. The second-order valence-corrected chi connectivity index (χ2v) is 11.8. The number of carbonyl (C=O) groups is 1. The Morgan fingerprint density at radius 3 is 2.44 bits per heavy atom. The standard InChI is InChI=1S/C18H29N3O16P2/c1-7-4-21(18(28)20-16(7)27)12-3-9(24)11(34-12)6-33-39(32,37-38(29,30)31)36-17-15(26)14(25)13(19-8(2)23)10(5-22)35-17/h4,9-15,17,22,24-26H,3,5-6H2,1-2H3,(H,19,23)(H,20,27,28)(H2,29,30,31)/t9?,10-,11-,12-,13-,14+,15-,17+,39?/m1/s1. The number of phosphoric ester groups is 1. The number of ether oxygens (including phenoxy) is 2. The summed E-state index contributed by atoms with van der Waals surface area (Å²) >= 11 is 0. The number of hydrogen-bond acceptors (Lipinski definition) is 14. The molecule has 2 saturated heterocycles. The van der Waals surface area contributed by atoms with Crippen LogP contribution in [0.4, 0.5) is 0 Å². The zero-order chi connectivity index (χ0) is 29.3. The lowest BCUT2D eigenvalue weighted by Crippen LogP contribution is -2.64. The highest BCUT2D eigenvalue weighted by Crippen LogP contribution is 2.62. The van der Waals surface area contributed by atoms with Crippen LogP contribution in [-0.4, -0.2) is 102 Å². The van der Waals surface area contributed by atoms with E-state index in [2.05, 4.69) is 14.6 Å². The largest absolute Gasteiger partial charge is 0.486 e. The third-order valence-electron chi connectivity index (χ3n) is 5.75. The van der Waals surface area contributed by atoms with E-state index in [0.29, 0.717) is 0 Å². The highest BCUT2D eigenvalue weighted by Gasteiger charge is 2.50. The van der Waals surface area contributed by atoms with Crippen LogP contribution in [0.15, 0.2) is 15.8 Å². The van der Waals surface area contributed by atoms with Gasteiger partial charge in [-0.15, -0.1) is 0 Å². The van der Waals surface area contributed by atoms with Crippen molar-refractivity contribution in [3.05, 3.63) is 32.6 Å². The molecule has 0 spiro atoms. The summed E-state index contributed by atoms with van der Waals surface area (Å²) in [5, 5.41) is 42.9. The van der Waals surface area contributed by atoms with Gasteiger partial charge in [-0.1, -0.05) is 0 Å². The van der Waals surface area contributed by atoms with Crippen molar-refractivity contribution in [1.29, 1.82) is 0 Å². The molecule has 19 nitrogen and oxygen atoms in total. The number of aromatic amines is 1. The Bertz CT molecular complexity index is 1250.